The minimum absolute atomic E-state index is 0.594. The third-order valence-corrected chi connectivity index (χ3v) is 2.96. The molecule has 0 spiro atoms. The van der Waals surface area contributed by atoms with Crippen molar-refractivity contribution in [2.45, 2.75) is 13.3 Å². The summed E-state index contributed by atoms with van der Waals surface area (Å²) in [5.41, 5.74) is 2.26. The second kappa shape index (κ2) is 7.84. The number of rotatable bonds is 5. The van der Waals surface area contributed by atoms with E-state index in [1.54, 1.807) is 13.2 Å². The van der Waals surface area contributed by atoms with Gasteiger partial charge in [-0.2, -0.15) is 0 Å². The zero-order valence-corrected chi connectivity index (χ0v) is 12.7. The maximum atomic E-state index is 11.0. The van der Waals surface area contributed by atoms with Crippen molar-refractivity contribution in [3.05, 3.63) is 53.9 Å². The van der Waals surface area contributed by atoms with Crippen LogP contribution in [0.15, 0.2) is 42.6 Å². The van der Waals surface area contributed by atoms with Gasteiger partial charge in [0.2, 0.25) is 6.41 Å². The summed E-state index contributed by atoms with van der Waals surface area (Å²) in [5.74, 6) is 6.73. The van der Waals surface area contributed by atoms with Gasteiger partial charge in [-0.3, -0.25) is 4.79 Å². The lowest BCUT2D eigenvalue weighted by molar-refractivity contribution is -0.107. The minimum atomic E-state index is 0.594. The highest BCUT2D eigenvalue weighted by Crippen LogP contribution is 2.28. The Morgan fingerprint density at radius 1 is 1.27 bits per heavy atom. The van der Waals surface area contributed by atoms with Gasteiger partial charge in [-0.25, -0.2) is 4.98 Å². The molecule has 0 bridgehead atoms. The lowest BCUT2D eigenvalue weighted by atomic mass is 10.1. The van der Waals surface area contributed by atoms with Crippen LogP contribution in [0.5, 0.6) is 5.75 Å². The van der Waals surface area contributed by atoms with Crippen molar-refractivity contribution in [2.75, 3.05) is 18.6 Å². The second-order valence-corrected chi connectivity index (χ2v) is 4.71. The number of hydrogen-bond acceptors (Lipinski definition) is 3. The molecule has 0 aliphatic heterocycles. The van der Waals surface area contributed by atoms with Crippen molar-refractivity contribution < 1.29 is 9.53 Å². The fourth-order valence-electron chi connectivity index (χ4n) is 1.84. The zero-order valence-electron chi connectivity index (χ0n) is 12.7. The van der Waals surface area contributed by atoms with Crippen LogP contribution >= 0.6 is 0 Å². The number of amides is 1. The molecule has 2 rings (SSSR count). The van der Waals surface area contributed by atoms with Gasteiger partial charge in [-0.15, -0.1) is 0 Å². The van der Waals surface area contributed by atoms with E-state index >= 15 is 0 Å². The third-order valence-electron chi connectivity index (χ3n) is 2.96. The van der Waals surface area contributed by atoms with Crippen LogP contribution in [-0.2, 0) is 4.79 Å². The number of hydrogen-bond donors (Lipinski definition) is 0. The highest BCUT2D eigenvalue weighted by atomic mass is 16.5. The molecule has 0 atom stereocenters. The minimum Gasteiger partial charge on any atom is -0.491 e. The van der Waals surface area contributed by atoms with Crippen LogP contribution in [-0.4, -0.2) is 25.0 Å². The van der Waals surface area contributed by atoms with E-state index in [0.717, 1.165) is 24.1 Å². The third kappa shape index (κ3) is 4.10. The van der Waals surface area contributed by atoms with Crippen LogP contribution in [0.25, 0.3) is 0 Å². The number of anilines is 1. The average molecular weight is 294 g/mol. The molecule has 112 valence electrons. The van der Waals surface area contributed by atoms with E-state index in [4.69, 9.17) is 4.74 Å². The highest BCUT2D eigenvalue weighted by Gasteiger charge is 2.08. The molecular formula is C18H18N2O2. The summed E-state index contributed by atoms with van der Waals surface area (Å²) in [6, 6.07) is 11.2. The Kier molecular flexibility index (Phi) is 5.56. The molecule has 1 amide bonds. The normalized spacial score (nSPS) is 9.55. The SMILES string of the molecule is CCCOc1cc(C#Cc2ccccn2)ccc1N(C)C=O. The summed E-state index contributed by atoms with van der Waals surface area (Å²) in [4.78, 5) is 16.6. The first-order valence-corrected chi connectivity index (χ1v) is 7.12. The molecule has 0 fully saturated rings. The first-order chi connectivity index (χ1) is 10.7. The molecular weight excluding hydrogens is 276 g/mol. The first kappa shape index (κ1) is 15.6. The molecule has 0 saturated heterocycles. The summed E-state index contributed by atoms with van der Waals surface area (Å²) < 4.78 is 5.72. The van der Waals surface area contributed by atoms with E-state index in [1.165, 1.54) is 4.90 Å². The summed E-state index contributed by atoms with van der Waals surface area (Å²) in [5, 5.41) is 0. The van der Waals surface area contributed by atoms with E-state index < -0.39 is 0 Å². The van der Waals surface area contributed by atoms with Crippen molar-refractivity contribution in [3.63, 3.8) is 0 Å². The summed E-state index contributed by atoms with van der Waals surface area (Å²) in [7, 11) is 1.69. The van der Waals surface area contributed by atoms with Crippen LogP contribution in [0.3, 0.4) is 0 Å². The van der Waals surface area contributed by atoms with Gasteiger partial charge in [-0.1, -0.05) is 18.9 Å². The van der Waals surface area contributed by atoms with Crippen LogP contribution in [0.1, 0.15) is 24.6 Å². The van der Waals surface area contributed by atoms with Crippen molar-refractivity contribution >= 4 is 12.1 Å². The van der Waals surface area contributed by atoms with Crippen LogP contribution in [0, 0.1) is 11.8 Å². The number of benzene rings is 1. The second-order valence-electron chi connectivity index (χ2n) is 4.71. The van der Waals surface area contributed by atoms with E-state index in [9.17, 15) is 4.79 Å². The molecule has 22 heavy (non-hydrogen) atoms. The number of ether oxygens (including phenoxy) is 1. The van der Waals surface area contributed by atoms with Crippen molar-refractivity contribution in [1.29, 1.82) is 0 Å². The summed E-state index contributed by atoms with van der Waals surface area (Å²) in [6.07, 6.45) is 3.36. The van der Waals surface area contributed by atoms with Gasteiger partial charge in [0.1, 0.15) is 11.4 Å². The lowest BCUT2D eigenvalue weighted by Gasteiger charge is -2.16. The van der Waals surface area contributed by atoms with Crippen molar-refractivity contribution in [3.8, 4) is 17.6 Å². The molecule has 1 aromatic carbocycles. The van der Waals surface area contributed by atoms with Gasteiger partial charge in [0.25, 0.3) is 0 Å². The predicted molar refractivity (Wildman–Crippen MR) is 86.9 cm³/mol. The molecule has 4 nitrogen and oxygen atoms in total. The Morgan fingerprint density at radius 2 is 2.14 bits per heavy atom. The largest absolute Gasteiger partial charge is 0.491 e. The molecule has 0 unspecified atom stereocenters. The van der Waals surface area contributed by atoms with Crippen molar-refractivity contribution in [1.82, 2.24) is 4.98 Å². The van der Waals surface area contributed by atoms with Gasteiger partial charge >= 0.3 is 0 Å². The lowest BCUT2D eigenvalue weighted by Crippen LogP contribution is -2.15. The standard InChI is InChI=1S/C18H18N2O2/c1-3-12-22-18-13-15(8-10-17(18)20(2)14-21)7-9-16-6-4-5-11-19-16/h4-6,8,10-11,13-14H,3,12H2,1-2H3. The van der Waals surface area contributed by atoms with Crippen LogP contribution < -0.4 is 9.64 Å². The number of carbonyl (C=O) groups excluding carboxylic acids is 1. The Bertz CT molecular complexity index is 687. The molecule has 1 aromatic heterocycles. The average Bonchev–Trinajstić information content (AvgIpc) is 2.58. The highest BCUT2D eigenvalue weighted by molar-refractivity contribution is 5.78. The monoisotopic (exact) mass is 294 g/mol. The van der Waals surface area contributed by atoms with Crippen LogP contribution in [0.2, 0.25) is 0 Å². The Morgan fingerprint density at radius 3 is 2.82 bits per heavy atom. The first-order valence-electron chi connectivity index (χ1n) is 7.12. The van der Waals surface area contributed by atoms with Gasteiger partial charge in [0.05, 0.1) is 12.3 Å². The molecule has 4 heteroatoms. The molecule has 2 aromatic rings. The molecule has 0 saturated carbocycles. The molecule has 1 heterocycles. The molecule has 0 radical (unpaired) electrons. The maximum absolute atomic E-state index is 11.0. The fraction of sp³-hybridized carbons (Fsp3) is 0.222. The van der Waals surface area contributed by atoms with E-state index in [0.29, 0.717) is 18.1 Å². The molecule has 0 N–H and O–H groups in total. The maximum Gasteiger partial charge on any atom is 0.213 e. The zero-order chi connectivity index (χ0) is 15.8. The Labute approximate surface area is 130 Å². The Hall–Kier alpha value is -2.80. The van der Waals surface area contributed by atoms with Gasteiger partial charge < -0.3 is 9.64 Å². The smallest absolute Gasteiger partial charge is 0.213 e. The summed E-state index contributed by atoms with van der Waals surface area (Å²) >= 11 is 0. The topological polar surface area (TPSA) is 42.4 Å². The van der Waals surface area contributed by atoms with E-state index in [1.807, 2.05) is 43.3 Å². The predicted octanol–water partition coefficient (Wildman–Crippen LogP) is 2.86. The van der Waals surface area contributed by atoms with Gasteiger partial charge in [0, 0.05) is 18.8 Å². The Balaban J connectivity index is 2.30. The number of nitrogens with zero attached hydrogens (tertiary/aromatic N) is 2. The summed E-state index contributed by atoms with van der Waals surface area (Å²) in [6.45, 7) is 2.63. The van der Waals surface area contributed by atoms with E-state index in [2.05, 4.69) is 16.8 Å². The van der Waals surface area contributed by atoms with Gasteiger partial charge in [0.15, 0.2) is 0 Å². The number of carbonyl (C=O) groups is 1. The van der Waals surface area contributed by atoms with Gasteiger partial charge in [-0.05, 0) is 42.7 Å². The number of pyridine rings is 1. The quantitative estimate of drug-likeness (QED) is 0.629. The van der Waals surface area contributed by atoms with Crippen LogP contribution in [0.4, 0.5) is 5.69 Å². The fourth-order valence-corrected chi connectivity index (χ4v) is 1.84. The molecule has 0 aliphatic rings. The van der Waals surface area contributed by atoms with Crippen molar-refractivity contribution in [2.24, 2.45) is 0 Å². The molecule has 0 aliphatic carbocycles. The number of aromatic nitrogens is 1. The van der Waals surface area contributed by atoms with E-state index in [-0.39, 0.29) is 0 Å².